The molecule has 1 saturated heterocycles. The molecular weight excluding hydrogens is 304 g/mol. The molecule has 0 atom stereocenters. The molecule has 130 valence electrons. The Kier molecular flexibility index (Phi) is 4.60. The van der Waals surface area contributed by atoms with E-state index in [1.807, 2.05) is 24.0 Å². The lowest BCUT2D eigenvalue weighted by Gasteiger charge is -2.42. The summed E-state index contributed by atoms with van der Waals surface area (Å²) in [7, 11) is 0. The Morgan fingerprint density at radius 1 is 1.42 bits per heavy atom. The van der Waals surface area contributed by atoms with Gasteiger partial charge < -0.3 is 15.3 Å². The molecule has 0 spiro atoms. The second-order valence-electron chi connectivity index (χ2n) is 7.18. The minimum atomic E-state index is -0.277. The molecule has 6 nitrogen and oxygen atoms in total. The molecule has 24 heavy (non-hydrogen) atoms. The molecule has 1 aromatic carbocycles. The molecule has 0 radical (unpaired) electrons. The first-order valence-electron chi connectivity index (χ1n) is 8.56. The van der Waals surface area contributed by atoms with Gasteiger partial charge in [-0.3, -0.25) is 9.89 Å². The van der Waals surface area contributed by atoms with Gasteiger partial charge in [-0.05, 0) is 37.5 Å². The molecule has 2 heterocycles. The third-order valence-corrected chi connectivity index (χ3v) is 4.83. The highest BCUT2D eigenvalue weighted by Gasteiger charge is 2.36. The molecule has 2 aromatic rings. The van der Waals surface area contributed by atoms with Crippen molar-refractivity contribution in [3.63, 3.8) is 0 Å². The van der Waals surface area contributed by atoms with Gasteiger partial charge in [0.25, 0.3) is 5.91 Å². The number of carbonyl (C=O) groups is 1. The number of aryl methyl sites for hydroxylation is 1. The molecule has 1 aromatic heterocycles. The second kappa shape index (κ2) is 6.53. The van der Waals surface area contributed by atoms with Gasteiger partial charge in [0, 0.05) is 30.1 Å². The number of likely N-dealkylation sites (tertiary alicyclic amines) is 1. The Morgan fingerprint density at radius 2 is 2.12 bits per heavy atom. The maximum absolute atomic E-state index is 13.0. The zero-order valence-electron chi connectivity index (χ0n) is 14.6. The fourth-order valence-electron chi connectivity index (χ4n) is 3.64. The summed E-state index contributed by atoms with van der Waals surface area (Å²) in [4.78, 5) is 14.9. The van der Waals surface area contributed by atoms with Gasteiger partial charge in [0.15, 0.2) is 0 Å². The highest BCUT2D eigenvalue weighted by atomic mass is 16.3. The topological polar surface area (TPSA) is 81.3 Å². The maximum Gasteiger partial charge on any atom is 0.256 e. The summed E-state index contributed by atoms with van der Waals surface area (Å²) in [6.07, 6.45) is 3.26. The van der Waals surface area contributed by atoms with Crippen LogP contribution in [0, 0.1) is 6.92 Å². The number of amides is 1. The Balaban J connectivity index is 1.78. The number of fused-ring (bicyclic) bond motifs is 1. The van der Waals surface area contributed by atoms with E-state index in [2.05, 4.69) is 29.4 Å². The van der Waals surface area contributed by atoms with Gasteiger partial charge in [-0.15, -0.1) is 0 Å². The number of piperidine rings is 1. The van der Waals surface area contributed by atoms with Crippen LogP contribution in [0.2, 0.25) is 0 Å². The van der Waals surface area contributed by atoms with Crippen LogP contribution in [-0.2, 0) is 0 Å². The molecule has 1 aliphatic rings. The summed E-state index contributed by atoms with van der Waals surface area (Å²) in [6, 6.07) is 4.25. The van der Waals surface area contributed by atoms with E-state index < -0.39 is 0 Å². The number of aliphatic hydroxyl groups excluding tert-OH is 1. The van der Waals surface area contributed by atoms with E-state index in [0.717, 1.165) is 29.3 Å². The average Bonchev–Trinajstić information content (AvgIpc) is 3.01. The molecule has 1 aliphatic heterocycles. The van der Waals surface area contributed by atoms with Gasteiger partial charge in [0.2, 0.25) is 0 Å². The number of nitrogens with zero attached hydrogens (tertiary/aromatic N) is 2. The van der Waals surface area contributed by atoms with Gasteiger partial charge in [-0.25, -0.2) is 0 Å². The van der Waals surface area contributed by atoms with E-state index >= 15 is 0 Å². The summed E-state index contributed by atoms with van der Waals surface area (Å²) in [6.45, 7) is 7.53. The number of hydrogen-bond donors (Lipinski definition) is 3. The standard InChI is InChI=1S/C18H26N4O2/c1-12(2)20-18(11-23)4-6-22(7-5-18)17(24)15-9-13(3)8-14-10-19-21-16(14)15/h8-10,12,20,23H,4-7,11H2,1-3H3,(H,19,21). The van der Waals surface area contributed by atoms with Crippen LogP contribution in [-0.4, -0.2) is 57.4 Å². The van der Waals surface area contributed by atoms with Gasteiger partial charge in [-0.1, -0.05) is 13.8 Å². The fourth-order valence-corrected chi connectivity index (χ4v) is 3.64. The van der Waals surface area contributed by atoms with Crippen molar-refractivity contribution in [2.24, 2.45) is 0 Å². The van der Waals surface area contributed by atoms with Crippen molar-refractivity contribution < 1.29 is 9.90 Å². The second-order valence-corrected chi connectivity index (χ2v) is 7.18. The van der Waals surface area contributed by atoms with Crippen LogP contribution < -0.4 is 5.32 Å². The summed E-state index contributed by atoms with van der Waals surface area (Å²) in [5.41, 5.74) is 2.25. The Bertz CT molecular complexity index is 730. The third kappa shape index (κ3) is 3.16. The quantitative estimate of drug-likeness (QED) is 0.799. The molecule has 3 N–H and O–H groups in total. The zero-order valence-corrected chi connectivity index (χ0v) is 14.6. The maximum atomic E-state index is 13.0. The monoisotopic (exact) mass is 330 g/mol. The third-order valence-electron chi connectivity index (χ3n) is 4.83. The number of aromatic nitrogens is 2. The lowest BCUT2D eigenvalue weighted by atomic mass is 9.87. The van der Waals surface area contributed by atoms with Crippen molar-refractivity contribution in [3.8, 4) is 0 Å². The van der Waals surface area contributed by atoms with E-state index in [4.69, 9.17) is 0 Å². The zero-order chi connectivity index (χ0) is 17.3. The van der Waals surface area contributed by atoms with Crippen molar-refractivity contribution in [2.45, 2.75) is 45.2 Å². The van der Waals surface area contributed by atoms with Crippen molar-refractivity contribution >= 4 is 16.8 Å². The summed E-state index contributed by atoms with van der Waals surface area (Å²) in [5, 5.41) is 21.2. The first kappa shape index (κ1) is 16.9. The molecule has 0 saturated carbocycles. The Labute approximate surface area is 142 Å². The SMILES string of the molecule is Cc1cc(C(=O)N2CCC(CO)(NC(C)C)CC2)c2[nH]ncc2c1. The smallest absolute Gasteiger partial charge is 0.256 e. The van der Waals surface area contributed by atoms with Crippen molar-refractivity contribution in [1.29, 1.82) is 0 Å². The van der Waals surface area contributed by atoms with E-state index in [0.29, 0.717) is 24.7 Å². The predicted octanol–water partition coefficient (Wildman–Crippen LogP) is 1.84. The molecule has 0 aliphatic carbocycles. The van der Waals surface area contributed by atoms with Gasteiger partial charge >= 0.3 is 0 Å². The van der Waals surface area contributed by atoms with E-state index in [-0.39, 0.29) is 18.1 Å². The minimum Gasteiger partial charge on any atom is -0.394 e. The van der Waals surface area contributed by atoms with Gasteiger partial charge in [0.1, 0.15) is 0 Å². The highest BCUT2D eigenvalue weighted by molar-refractivity contribution is 6.05. The van der Waals surface area contributed by atoms with Crippen LogP contribution in [0.1, 0.15) is 42.6 Å². The number of rotatable bonds is 4. The molecule has 0 unspecified atom stereocenters. The lowest BCUT2D eigenvalue weighted by Crippen LogP contribution is -2.58. The van der Waals surface area contributed by atoms with Crippen LogP contribution in [0.15, 0.2) is 18.3 Å². The summed E-state index contributed by atoms with van der Waals surface area (Å²) >= 11 is 0. The number of aliphatic hydroxyl groups is 1. The summed E-state index contributed by atoms with van der Waals surface area (Å²) in [5.74, 6) is 0.0315. The number of aromatic amines is 1. The van der Waals surface area contributed by atoms with Crippen LogP contribution in [0.4, 0.5) is 0 Å². The first-order chi connectivity index (χ1) is 11.4. The number of benzene rings is 1. The van der Waals surface area contributed by atoms with Gasteiger partial charge in [0.05, 0.1) is 23.9 Å². The molecule has 0 bridgehead atoms. The van der Waals surface area contributed by atoms with Crippen LogP contribution in [0.25, 0.3) is 10.9 Å². The highest BCUT2D eigenvalue weighted by Crippen LogP contribution is 2.26. The van der Waals surface area contributed by atoms with Crippen LogP contribution >= 0.6 is 0 Å². The molecular formula is C18H26N4O2. The lowest BCUT2D eigenvalue weighted by molar-refractivity contribution is 0.0512. The molecule has 1 fully saturated rings. The van der Waals surface area contributed by atoms with Gasteiger partial charge in [-0.2, -0.15) is 5.10 Å². The molecule has 1 amide bonds. The van der Waals surface area contributed by atoms with E-state index in [9.17, 15) is 9.90 Å². The fraction of sp³-hybridized carbons (Fsp3) is 0.556. The van der Waals surface area contributed by atoms with E-state index in [1.165, 1.54) is 0 Å². The van der Waals surface area contributed by atoms with Crippen molar-refractivity contribution in [3.05, 3.63) is 29.5 Å². The number of carbonyl (C=O) groups excluding carboxylic acids is 1. The Morgan fingerprint density at radius 3 is 2.75 bits per heavy atom. The average molecular weight is 330 g/mol. The predicted molar refractivity (Wildman–Crippen MR) is 94.1 cm³/mol. The van der Waals surface area contributed by atoms with Crippen molar-refractivity contribution in [2.75, 3.05) is 19.7 Å². The largest absolute Gasteiger partial charge is 0.394 e. The number of nitrogens with one attached hydrogen (secondary N) is 2. The summed E-state index contributed by atoms with van der Waals surface area (Å²) < 4.78 is 0. The van der Waals surface area contributed by atoms with Crippen molar-refractivity contribution in [1.82, 2.24) is 20.4 Å². The van der Waals surface area contributed by atoms with E-state index in [1.54, 1.807) is 6.20 Å². The number of H-pyrrole nitrogens is 1. The number of hydrogen-bond acceptors (Lipinski definition) is 4. The first-order valence-corrected chi connectivity index (χ1v) is 8.56. The van der Waals surface area contributed by atoms with Crippen LogP contribution in [0.3, 0.4) is 0 Å². The van der Waals surface area contributed by atoms with Crippen LogP contribution in [0.5, 0.6) is 0 Å². The molecule has 6 heteroatoms. The Hall–Kier alpha value is -1.92. The minimum absolute atomic E-state index is 0.0315. The molecule has 3 rings (SSSR count). The normalized spacial score (nSPS) is 17.6.